The van der Waals surface area contributed by atoms with E-state index < -0.39 is 0 Å². The monoisotopic (exact) mass is 272 g/mol. The quantitative estimate of drug-likeness (QED) is 0.823. The maximum absolute atomic E-state index is 6.48. The van der Waals surface area contributed by atoms with E-state index in [9.17, 15) is 0 Å². The number of hydrogen-bond donors (Lipinski definition) is 2. The number of nitrogens with one attached hydrogen (secondary N) is 1. The van der Waals surface area contributed by atoms with Gasteiger partial charge in [0.15, 0.2) is 0 Å². The number of nitrogens with zero attached hydrogens (tertiary/aromatic N) is 2. The van der Waals surface area contributed by atoms with Crippen LogP contribution in [0.15, 0.2) is 0 Å². The van der Waals surface area contributed by atoms with Gasteiger partial charge in [0.25, 0.3) is 0 Å². The number of nitrogens with two attached hydrogens (primary N) is 1. The molecule has 6 rings (SSSR count). The van der Waals surface area contributed by atoms with Gasteiger partial charge in [0.05, 0.1) is 11.7 Å². The van der Waals surface area contributed by atoms with Crippen molar-refractivity contribution in [1.82, 2.24) is 15.1 Å². The van der Waals surface area contributed by atoms with Gasteiger partial charge in [0, 0.05) is 12.1 Å². The SMILES string of the molecule is Nc1c2c(nn1C1C3CC4CC(C3)CC1C4)CNCC2. The first kappa shape index (κ1) is 11.6. The average Bonchev–Trinajstić information content (AvgIpc) is 2.76. The van der Waals surface area contributed by atoms with Crippen molar-refractivity contribution in [1.29, 1.82) is 0 Å². The number of anilines is 1. The first-order valence-electron chi connectivity index (χ1n) is 8.36. The molecule has 1 aromatic heterocycles. The van der Waals surface area contributed by atoms with Crippen LogP contribution in [-0.4, -0.2) is 16.3 Å². The third kappa shape index (κ3) is 1.49. The van der Waals surface area contributed by atoms with Crippen molar-refractivity contribution in [3.63, 3.8) is 0 Å². The minimum atomic E-state index is 0.605. The van der Waals surface area contributed by atoms with Crippen LogP contribution in [0.2, 0.25) is 0 Å². The molecule has 4 saturated carbocycles. The Balaban J connectivity index is 1.55. The lowest BCUT2D eigenvalue weighted by Crippen LogP contribution is -2.46. The van der Waals surface area contributed by atoms with Crippen LogP contribution in [0.25, 0.3) is 0 Å². The second kappa shape index (κ2) is 4.00. The van der Waals surface area contributed by atoms with E-state index in [0.29, 0.717) is 6.04 Å². The minimum Gasteiger partial charge on any atom is -0.384 e. The fourth-order valence-corrected chi connectivity index (χ4v) is 5.89. The summed E-state index contributed by atoms with van der Waals surface area (Å²) >= 11 is 0. The summed E-state index contributed by atoms with van der Waals surface area (Å²) in [6.45, 7) is 1.95. The standard InChI is InChI=1S/C16H24N4/c17-16-13-1-2-18-8-14(13)19-20(16)15-11-4-9-3-10(6-11)7-12(15)5-9/h9-12,15,18H,1-8,17H2. The molecule has 1 aromatic rings. The van der Waals surface area contributed by atoms with Crippen LogP contribution < -0.4 is 11.1 Å². The molecular formula is C16H24N4. The molecule has 4 fully saturated rings. The van der Waals surface area contributed by atoms with Crippen molar-refractivity contribution >= 4 is 5.82 Å². The molecule has 2 heterocycles. The smallest absolute Gasteiger partial charge is 0.125 e. The van der Waals surface area contributed by atoms with E-state index in [0.717, 1.165) is 49.0 Å². The molecule has 4 heteroatoms. The topological polar surface area (TPSA) is 55.9 Å². The fraction of sp³-hybridized carbons (Fsp3) is 0.812. The predicted molar refractivity (Wildman–Crippen MR) is 78.1 cm³/mol. The highest BCUT2D eigenvalue weighted by Crippen LogP contribution is 2.58. The highest BCUT2D eigenvalue weighted by Gasteiger charge is 2.49. The van der Waals surface area contributed by atoms with Gasteiger partial charge in [-0.3, -0.25) is 0 Å². The van der Waals surface area contributed by atoms with Gasteiger partial charge in [-0.1, -0.05) is 0 Å². The molecule has 4 bridgehead atoms. The van der Waals surface area contributed by atoms with Crippen LogP contribution in [0.5, 0.6) is 0 Å². The summed E-state index contributed by atoms with van der Waals surface area (Å²) in [5.74, 6) is 4.72. The average molecular weight is 272 g/mol. The number of nitrogen functional groups attached to an aromatic ring is 1. The highest BCUT2D eigenvalue weighted by molar-refractivity contribution is 5.45. The summed E-state index contributed by atoms with van der Waals surface area (Å²) in [6, 6.07) is 0.605. The van der Waals surface area contributed by atoms with E-state index >= 15 is 0 Å². The van der Waals surface area contributed by atoms with Gasteiger partial charge in [-0.05, 0) is 68.7 Å². The van der Waals surface area contributed by atoms with Gasteiger partial charge >= 0.3 is 0 Å². The van der Waals surface area contributed by atoms with Crippen molar-refractivity contribution in [2.45, 2.75) is 51.1 Å². The molecule has 108 valence electrons. The van der Waals surface area contributed by atoms with Crippen LogP contribution in [0.3, 0.4) is 0 Å². The van der Waals surface area contributed by atoms with Crippen molar-refractivity contribution in [3.8, 4) is 0 Å². The van der Waals surface area contributed by atoms with Gasteiger partial charge in [-0.15, -0.1) is 0 Å². The Labute approximate surface area is 120 Å². The molecule has 4 aliphatic carbocycles. The number of aromatic nitrogens is 2. The molecule has 0 amide bonds. The summed E-state index contributed by atoms with van der Waals surface area (Å²) in [5, 5.41) is 8.34. The lowest BCUT2D eigenvalue weighted by Gasteiger charge is -2.54. The van der Waals surface area contributed by atoms with E-state index in [4.69, 9.17) is 10.8 Å². The van der Waals surface area contributed by atoms with E-state index in [1.165, 1.54) is 43.4 Å². The molecule has 0 spiro atoms. The van der Waals surface area contributed by atoms with Crippen LogP contribution in [-0.2, 0) is 13.0 Å². The van der Waals surface area contributed by atoms with Gasteiger partial charge in [0.1, 0.15) is 5.82 Å². The van der Waals surface area contributed by atoms with Crippen molar-refractivity contribution in [2.75, 3.05) is 12.3 Å². The summed E-state index contributed by atoms with van der Waals surface area (Å²) in [7, 11) is 0. The first-order valence-corrected chi connectivity index (χ1v) is 8.36. The molecule has 0 aromatic carbocycles. The molecule has 3 N–H and O–H groups in total. The van der Waals surface area contributed by atoms with E-state index in [2.05, 4.69) is 10.00 Å². The summed E-state index contributed by atoms with van der Waals surface area (Å²) in [5.41, 5.74) is 9.02. The largest absolute Gasteiger partial charge is 0.384 e. The second-order valence-corrected chi connectivity index (χ2v) is 7.60. The summed E-state index contributed by atoms with van der Waals surface area (Å²) in [4.78, 5) is 0. The third-order valence-electron chi connectivity index (χ3n) is 6.44. The Morgan fingerprint density at radius 1 is 1.05 bits per heavy atom. The first-order chi connectivity index (χ1) is 9.79. The van der Waals surface area contributed by atoms with Crippen molar-refractivity contribution in [3.05, 3.63) is 11.3 Å². The normalized spacial score (nSPS) is 41.9. The summed E-state index contributed by atoms with van der Waals surface area (Å²) < 4.78 is 2.25. The molecule has 0 unspecified atom stereocenters. The highest BCUT2D eigenvalue weighted by atomic mass is 15.3. The summed E-state index contributed by atoms with van der Waals surface area (Å²) in [6.07, 6.45) is 8.28. The van der Waals surface area contributed by atoms with Crippen molar-refractivity contribution < 1.29 is 0 Å². The van der Waals surface area contributed by atoms with Gasteiger partial charge in [-0.2, -0.15) is 5.10 Å². The Kier molecular flexibility index (Phi) is 2.32. The molecule has 0 radical (unpaired) electrons. The van der Waals surface area contributed by atoms with Crippen LogP contribution in [0, 0.1) is 23.7 Å². The zero-order valence-electron chi connectivity index (χ0n) is 12.0. The van der Waals surface area contributed by atoms with Gasteiger partial charge in [0.2, 0.25) is 0 Å². The van der Waals surface area contributed by atoms with Gasteiger partial charge in [-0.25, -0.2) is 4.68 Å². The molecule has 0 atom stereocenters. The molecule has 20 heavy (non-hydrogen) atoms. The zero-order valence-corrected chi connectivity index (χ0v) is 12.0. The van der Waals surface area contributed by atoms with E-state index in [1.54, 1.807) is 0 Å². The van der Waals surface area contributed by atoms with E-state index in [1.807, 2.05) is 0 Å². The van der Waals surface area contributed by atoms with Gasteiger partial charge < -0.3 is 11.1 Å². The maximum atomic E-state index is 6.48. The number of fused-ring (bicyclic) bond motifs is 1. The second-order valence-electron chi connectivity index (χ2n) is 7.60. The van der Waals surface area contributed by atoms with E-state index in [-0.39, 0.29) is 0 Å². The lowest BCUT2D eigenvalue weighted by atomic mass is 9.54. The Bertz CT molecular complexity index is 519. The van der Waals surface area contributed by atoms with Crippen LogP contribution in [0.1, 0.15) is 49.4 Å². The zero-order chi connectivity index (χ0) is 13.3. The molecule has 0 saturated heterocycles. The Hall–Kier alpha value is -1.03. The number of hydrogen-bond acceptors (Lipinski definition) is 3. The molecule has 4 nitrogen and oxygen atoms in total. The Morgan fingerprint density at radius 3 is 2.40 bits per heavy atom. The number of rotatable bonds is 1. The lowest BCUT2D eigenvalue weighted by molar-refractivity contribution is -0.0328. The molecule has 1 aliphatic heterocycles. The predicted octanol–water partition coefficient (Wildman–Crippen LogP) is 2.11. The van der Waals surface area contributed by atoms with Crippen LogP contribution >= 0.6 is 0 Å². The Morgan fingerprint density at radius 2 is 1.75 bits per heavy atom. The van der Waals surface area contributed by atoms with Crippen LogP contribution in [0.4, 0.5) is 5.82 Å². The maximum Gasteiger partial charge on any atom is 0.125 e. The third-order valence-corrected chi connectivity index (χ3v) is 6.44. The molecular weight excluding hydrogens is 248 g/mol. The molecule has 5 aliphatic rings. The van der Waals surface area contributed by atoms with Crippen molar-refractivity contribution in [2.24, 2.45) is 23.7 Å². The minimum absolute atomic E-state index is 0.605. The fourth-order valence-electron chi connectivity index (χ4n) is 5.89.